The molecule has 0 bridgehead atoms. The van der Waals surface area contributed by atoms with E-state index in [9.17, 15) is 13.2 Å². The summed E-state index contributed by atoms with van der Waals surface area (Å²) in [6.07, 6.45) is 0.628. The molecule has 0 saturated carbocycles. The van der Waals surface area contributed by atoms with Crippen molar-refractivity contribution >= 4 is 34.0 Å². The van der Waals surface area contributed by atoms with Crippen LogP contribution < -0.4 is 15.8 Å². The van der Waals surface area contributed by atoms with E-state index in [1.807, 2.05) is 26.0 Å². The Labute approximate surface area is 149 Å². The van der Waals surface area contributed by atoms with Gasteiger partial charge in [-0.05, 0) is 38.0 Å². The summed E-state index contributed by atoms with van der Waals surface area (Å²) in [6, 6.07) is 7.37. The van der Waals surface area contributed by atoms with E-state index in [4.69, 9.17) is 10.5 Å². The van der Waals surface area contributed by atoms with Crippen molar-refractivity contribution in [3.05, 3.63) is 29.8 Å². The summed E-state index contributed by atoms with van der Waals surface area (Å²) in [5.74, 6) is -0.530. The number of hydrogen-bond acceptors (Lipinski definition) is 5. The van der Waals surface area contributed by atoms with Gasteiger partial charge in [0.1, 0.15) is 0 Å². The van der Waals surface area contributed by atoms with E-state index in [1.54, 1.807) is 12.1 Å². The quantitative estimate of drug-likeness (QED) is 0.518. The van der Waals surface area contributed by atoms with Gasteiger partial charge in [-0.1, -0.05) is 12.1 Å². The third kappa shape index (κ3) is 10.4. The maximum atomic E-state index is 11.7. The summed E-state index contributed by atoms with van der Waals surface area (Å²) >= 11 is 0. The van der Waals surface area contributed by atoms with Crippen molar-refractivity contribution in [1.82, 2.24) is 10.0 Å². The zero-order valence-electron chi connectivity index (χ0n) is 13.9. The average molecular weight is 380 g/mol. The minimum atomic E-state index is -3.50. The van der Waals surface area contributed by atoms with Crippen molar-refractivity contribution in [3.63, 3.8) is 0 Å². The molecule has 0 aromatic heterocycles. The fraction of sp³-hybridized carbons (Fsp3) is 0.533. The average Bonchev–Trinajstić information content (AvgIpc) is 2.47. The highest BCUT2D eigenvalue weighted by Crippen LogP contribution is 2.05. The molecule has 7 nitrogen and oxygen atoms in total. The third-order valence-electron chi connectivity index (χ3n) is 2.97. The Morgan fingerprint density at radius 1 is 1.25 bits per heavy atom. The van der Waals surface area contributed by atoms with Crippen LogP contribution >= 0.6 is 12.4 Å². The van der Waals surface area contributed by atoms with Crippen molar-refractivity contribution in [2.24, 2.45) is 0 Å². The van der Waals surface area contributed by atoms with Gasteiger partial charge in [0.2, 0.25) is 15.9 Å². The highest BCUT2D eigenvalue weighted by atomic mass is 35.5. The third-order valence-corrected chi connectivity index (χ3v) is 4.26. The number of rotatable bonds is 10. The predicted octanol–water partition coefficient (Wildman–Crippen LogP) is 0.694. The maximum Gasteiger partial charge on any atom is 0.235 e. The SMILES string of the molecule is CC(C)OCCS(=O)(=O)NCC(=O)NCCc1ccc(N)cc1.Cl. The van der Waals surface area contributed by atoms with E-state index in [0.717, 1.165) is 5.56 Å². The summed E-state index contributed by atoms with van der Waals surface area (Å²) in [7, 11) is -3.50. The molecule has 0 aliphatic rings. The molecule has 24 heavy (non-hydrogen) atoms. The Morgan fingerprint density at radius 2 is 1.88 bits per heavy atom. The number of sulfonamides is 1. The van der Waals surface area contributed by atoms with E-state index in [0.29, 0.717) is 18.7 Å². The maximum absolute atomic E-state index is 11.7. The van der Waals surface area contributed by atoms with Gasteiger partial charge in [-0.2, -0.15) is 0 Å². The molecule has 0 atom stereocenters. The number of hydrogen-bond donors (Lipinski definition) is 3. The van der Waals surface area contributed by atoms with E-state index in [1.165, 1.54) is 0 Å². The number of carbonyl (C=O) groups is 1. The topological polar surface area (TPSA) is 111 Å². The van der Waals surface area contributed by atoms with Crippen LogP contribution in [0.15, 0.2) is 24.3 Å². The molecule has 0 radical (unpaired) electrons. The number of benzene rings is 1. The number of ether oxygens (including phenoxy) is 1. The number of halogens is 1. The summed E-state index contributed by atoms with van der Waals surface area (Å²) < 4.78 is 30.8. The summed E-state index contributed by atoms with van der Waals surface area (Å²) in [5.41, 5.74) is 7.33. The standard InChI is InChI=1S/C15H25N3O4S.ClH/c1-12(2)22-9-10-23(20,21)18-11-15(19)17-8-7-13-3-5-14(16)6-4-13;/h3-6,12,18H,7-11,16H2,1-2H3,(H,17,19);1H. The first-order chi connectivity index (χ1) is 10.8. The highest BCUT2D eigenvalue weighted by molar-refractivity contribution is 7.89. The van der Waals surface area contributed by atoms with Crippen LogP contribution in [-0.2, 0) is 26.0 Å². The van der Waals surface area contributed by atoms with Gasteiger partial charge >= 0.3 is 0 Å². The largest absolute Gasteiger partial charge is 0.399 e. The number of amides is 1. The number of nitrogens with one attached hydrogen (secondary N) is 2. The monoisotopic (exact) mass is 379 g/mol. The Kier molecular flexibility index (Phi) is 10.6. The van der Waals surface area contributed by atoms with Gasteiger partial charge < -0.3 is 15.8 Å². The first-order valence-corrected chi connectivity index (χ1v) is 9.14. The molecule has 1 amide bonds. The molecule has 1 rings (SSSR count). The smallest absolute Gasteiger partial charge is 0.235 e. The molecular weight excluding hydrogens is 354 g/mol. The minimum Gasteiger partial charge on any atom is -0.399 e. The fourth-order valence-corrected chi connectivity index (χ4v) is 2.55. The Morgan fingerprint density at radius 3 is 2.46 bits per heavy atom. The number of nitrogen functional groups attached to an aromatic ring is 1. The van der Waals surface area contributed by atoms with Crippen molar-refractivity contribution in [3.8, 4) is 0 Å². The first-order valence-electron chi connectivity index (χ1n) is 7.48. The molecule has 1 aromatic rings. The molecule has 1 aromatic carbocycles. The van der Waals surface area contributed by atoms with Crippen LogP contribution in [0, 0.1) is 0 Å². The number of nitrogens with two attached hydrogens (primary N) is 1. The van der Waals surface area contributed by atoms with Crippen molar-refractivity contribution in [2.45, 2.75) is 26.4 Å². The van der Waals surface area contributed by atoms with Crippen molar-refractivity contribution in [1.29, 1.82) is 0 Å². The molecule has 4 N–H and O–H groups in total. The van der Waals surface area contributed by atoms with Gasteiger partial charge in [0.05, 0.1) is 25.0 Å². The van der Waals surface area contributed by atoms with E-state index in [-0.39, 0.29) is 43.3 Å². The second-order valence-electron chi connectivity index (χ2n) is 5.40. The van der Waals surface area contributed by atoms with E-state index < -0.39 is 10.0 Å². The van der Waals surface area contributed by atoms with Crippen molar-refractivity contribution in [2.75, 3.05) is 31.2 Å². The van der Waals surface area contributed by atoms with Crippen LogP contribution in [0.3, 0.4) is 0 Å². The molecular formula is C15H26ClN3O4S. The fourth-order valence-electron chi connectivity index (χ4n) is 1.73. The second-order valence-corrected chi connectivity index (χ2v) is 7.33. The van der Waals surface area contributed by atoms with Gasteiger partial charge in [0.25, 0.3) is 0 Å². The lowest BCUT2D eigenvalue weighted by Gasteiger charge is -2.10. The molecule has 0 spiro atoms. The molecule has 0 aliphatic carbocycles. The molecule has 0 saturated heterocycles. The zero-order valence-corrected chi connectivity index (χ0v) is 15.6. The number of anilines is 1. The lowest BCUT2D eigenvalue weighted by molar-refractivity contribution is -0.119. The Bertz CT molecular complexity index is 591. The molecule has 138 valence electrons. The molecule has 0 aliphatic heterocycles. The lowest BCUT2D eigenvalue weighted by Crippen LogP contribution is -2.39. The van der Waals surface area contributed by atoms with Crippen LogP contribution in [0.2, 0.25) is 0 Å². The highest BCUT2D eigenvalue weighted by Gasteiger charge is 2.12. The first kappa shape index (κ1) is 22.6. The van der Waals surface area contributed by atoms with Gasteiger partial charge in [0.15, 0.2) is 0 Å². The summed E-state index contributed by atoms with van der Waals surface area (Å²) in [6.45, 7) is 3.92. The summed E-state index contributed by atoms with van der Waals surface area (Å²) in [4.78, 5) is 11.6. The second kappa shape index (κ2) is 11.2. The molecule has 0 unspecified atom stereocenters. The van der Waals surface area contributed by atoms with E-state index in [2.05, 4.69) is 10.0 Å². The molecule has 0 fully saturated rings. The zero-order chi connectivity index (χ0) is 17.3. The van der Waals surface area contributed by atoms with Crippen LogP contribution in [0.4, 0.5) is 5.69 Å². The molecule has 0 heterocycles. The minimum absolute atomic E-state index is 0. The van der Waals surface area contributed by atoms with Crippen molar-refractivity contribution < 1.29 is 17.9 Å². The van der Waals surface area contributed by atoms with Gasteiger partial charge in [-0.3, -0.25) is 4.79 Å². The van der Waals surface area contributed by atoms with Gasteiger partial charge in [-0.25, -0.2) is 13.1 Å². The normalized spacial score (nSPS) is 11.1. The molecule has 9 heteroatoms. The lowest BCUT2D eigenvalue weighted by atomic mass is 10.1. The van der Waals surface area contributed by atoms with Crippen LogP contribution in [0.5, 0.6) is 0 Å². The van der Waals surface area contributed by atoms with E-state index >= 15 is 0 Å². The number of carbonyl (C=O) groups excluding carboxylic acids is 1. The predicted molar refractivity (Wildman–Crippen MR) is 97.7 cm³/mol. The van der Waals surface area contributed by atoms with Crippen LogP contribution in [-0.4, -0.2) is 45.9 Å². The van der Waals surface area contributed by atoms with Gasteiger partial charge in [-0.15, -0.1) is 12.4 Å². The Hall–Kier alpha value is -1.35. The van der Waals surface area contributed by atoms with Crippen LogP contribution in [0.25, 0.3) is 0 Å². The summed E-state index contributed by atoms with van der Waals surface area (Å²) in [5, 5.41) is 2.66. The van der Waals surface area contributed by atoms with Crippen LogP contribution in [0.1, 0.15) is 19.4 Å². The Balaban J connectivity index is 0.00000529. The van der Waals surface area contributed by atoms with Gasteiger partial charge in [0, 0.05) is 12.2 Å².